The highest BCUT2D eigenvalue weighted by Crippen LogP contribution is 2.25. The molecule has 1 saturated heterocycles. The zero-order valence-electron chi connectivity index (χ0n) is 14.5. The van der Waals surface area contributed by atoms with Crippen molar-refractivity contribution in [1.29, 1.82) is 0 Å². The highest BCUT2D eigenvalue weighted by atomic mass is 16.3. The summed E-state index contributed by atoms with van der Waals surface area (Å²) in [5.74, 6) is 0.465. The molecule has 0 bridgehead atoms. The van der Waals surface area contributed by atoms with Crippen molar-refractivity contribution in [2.24, 2.45) is 0 Å². The van der Waals surface area contributed by atoms with Crippen molar-refractivity contribution in [2.45, 2.75) is 12.5 Å². The van der Waals surface area contributed by atoms with Crippen LogP contribution in [0.2, 0.25) is 0 Å². The molecule has 5 nitrogen and oxygen atoms in total. The lowest BCUT2D eigenvalue weighted by Gasteiger charge is -2.36. The number of benzene rings is 2. The highest BCUT2D eigenvalue weighted by molar-refractivity contribution is 5.97. The van der Waals surface area contributed by atoms with Gasteiger partial charge in [0.1, 0.15) is 0 Å². The van der Waals surface area contributed by atoms with Gasteiger partial charge in [0.25, 0.3) is 5.91 Å². The van der Waals surface area contributed by atoms with Crippen LogP contribution in [0.15, 0.2) is 71.5 Å². The SMILES string of the molecule is O=C(c1ncoc1-c1ccccc1)N1CCNCC1Cc1ccccc1. The van der Waals surface area contributed by atoms with Gasteiger partial charge in [-0.3, -0.25) is 4.79 Å². The molecule has 1 aromatic heterocycles. The maximum atomic E-state index is 13.2. The molecule has 1 aliphatic heterocycles. The van der Waals surface area contributed by atoms with Gasteiger partial charge in [0, 0.05) is 31.2 Å². The van der Waals surface area contributed by atoms with Crippen LogP contribution < -0.4 is 5.32 Å². The molecule has 5 heteroatoms. The Labute approximate surface area is 152 Å². The van der Waals surface area contributed by atoms with Gasteiger partial charge in [-0.1, -0.05) is 60.7 Å². The van der Waals surface area contributed by atoms with E-state index in [0.29, 0.717) is 18.0 Å². The first-order valence-corrected chi connectivity index (χ1v) is 8.87. The monoisotopic (exact) mass is 347 g/mol. The van der Waals surface area contributed by atoms with Crippen molar-refractivity contribution >= 4 is 5.91 Å². The van der Waals surface area contributed by atoms with E-state index in [2.05, 4.69) is 22.4 Å². The van der Waals surface area contributed by atoms with E-state index in [1.807, 2.05) is 53.4 Å². The molecule has 0 spiro atoms. The molecule has 1 N–H and O–H groups in total. The Kier molecular flexibility index (Phi) is 4.80. The van der Waals surface area contributed by atoms with Crippen molar-refractivity contribution in [3.63, 3.8) is 0 Å². The topological polar surface area (TPSA) is 58.4 Å². The summed E-state index contributed by atoms with van der Waals surface area (Å²) >= 11 is 0. The van der Waals surface area contributed by atoms with E-state index in [9.17, 15) is 4.79 Å². The van der Waals surface area contributed by atoms with Crippen LogP contribution in [0, 0.1) is 0 Å². The Morgan fingerprint density at radius 1 is 1.12 bits per heavy atom. The Balaban J connectivity index is 1.59. The summed E-state index contributed by atoms with van der Waals surface area (Å²) < 4.78 is 5.54. The summed E-state index contributed by atoms with van der Waals surface area (Å²) in [4.78, 5) is 19.4. The molecule has 132 valence electrons. The van der Waals surface area contributed by atoms with Gasteiger partial charge in [-0.05, 0) is 12.0 Å². The largest absolute Gasteiger partial charge is 0.443 e. The Morgan fingerprint density at radius 2 is 1.85 bits per heavy atom. The summed E-state index contributed by atoms with van der Waals surface area (Å²) in [7, 11) is 0. The average molecular weight is 347 g/mol. The third kappa shape index (κ3) is 3.39. The highest BCUT2D eigenvalue weighted by Gasteiger charge is 2.31. The first kappa shape index (κ1) is 16.5. The number of nitrogens with one attached hydrogen (secondary N) is 1. The second-order valence-corrected chi connectivity index (χ2v) is 6.44. The lowest BCUT2D eigenvalue weighted by atomic mass is 10.0. The number of carbonyl (C=O) groups is 1. The van der Waals surface area contributed by atoms with E-state index in [0.717, 1.165) is 25.1 Å². The van der Waals surface area contributed by atoms with Crippen molar-refractivity contribution in [2.75, 3.05) is 19.6 Å². The Bertz CT molecular complexity index is 861. The smallest absolute Gasteiger partial charge is 0.276 e. The first-order chi connectivity index (χ1) is 12.8. The van der Waals surface area contributed by atoms with E-state index < -0.39 is 0 Å². The number of aromatic nitrogens is 1. The first-order valence-electron chi connectivity index (χ1n) is 8.87. The van der Waals surface area contributed by atoms with Crippen molar-refractivity contribution < 1.29 is 9.21 Å². The predicted molar refractivity (Wildman–Crippen MR) is 99.8 cm³/mol. The van der Waals surface area contributed by atoms with Gasteiger partial charge in [-0.2, -0.15) is 0 Å². The number of nitrogens with zero attached hydrogens (tertiary/aromatic N) is 2. The van der Waals surface area contributed by atoms with Gasteiger partial charge >= 0.3 is 0 Å². The van der Waals surface area contributed by atoms with E-state index in [1.54, 1.807) is 0 Å². The van der Waals surface area contributed by atoms with Crippen LogP contribution >= 0.6 is 0 Å². The molecule has 4 rings (SSSR count). The fraction of sp³-hybridized carbons (Fsp3) is 0.238. The van der Waals surface area contributed by atoms with Gasteiger partial charge in [-0.25, -0.2) is 4.98 Å². The Hall–Kier alpha value is -2.92. The molecular formula is C21H21N3O2. The molecule has 1 unspecified atom stereocenters. The van der Waals surface area contributed by atoms with Crippen LogP contribution in [0.3, 0.4) is 0 Å². The molecule has 1 amide bonds. The molecule has 0 radical (unpaired) electrons. The summed E-state index contributed by atoms with van der Waals surface area (Å²) in [6, 6.07) is 20.0. The molecule has 1 fully saturated rings. The van der Waals surface area contributed by atoms with Gasteiger partial charge in [-0.15, -0.1) is 0 Å². The summed E-state index contributed by atoms with van der Waals surface area (Å²) in [6.07, 6.45) is 2.17. The van der Waals surface area contributed by atoms with E-state index in [-0.39, 0.29) is 11.9 Å². The number of hydrogen-bond donors (Lipinski definition) is 1. The second-order valence-electron chi connectivity index (χ2n) is 6.44. The molecular weight excluding hydrogens is 326 g/mol. The molecule has 1 aliphatic rings. The third-order valence-electron chi connectivity index (χ3n) is 4.73. The third-order valence-corrected chi connectivity index (χ3v) is 4.73. The zero-order chi connectivity index (χ0) is 17.8. The summed E-state index contributed by atoms with van der Waals surface area (Å²) in [5.41, 5.74) is 2.47. The number of carbonyl (C=O) groups excluding carboxylic acids is 1. The molecule has 0 saturated carbocycles. The molecule has 2 aromatic carbocycles. The number of hydrogen-bond acceptors (Lipinski definition) is 4. The quantitative estimate of drug-likeness (QED) is 0.788. The number of piperazine rings is 1. The molecule has 1 atom stereocenters. The molecule has 3 aromatic rings. The van der Waals surface area contributed by atoms with Gasteiger partial charge in [0.2, 0.25) is 0 Å². The maximum Gasteiger partial charge on any atom is 0.276 e. The van der Waals surface area contributed by atoms with E-state index in [4.69, 9.17) is 4.42 Å². The molecule has 26 heavy (non-hydrogen) atoms. The van der Waals surface area contributed by atoms with Gasteiger partial charge in [0.15, 0.2) is 17.8 Å². The summed E-state index contributed by atoms with van der Waals surface area (Å²) in [6.45, 7) is 2.23. The van der Waals surface area contributed by atoms with Crippen LogP contribution in [0.4, 0.5) is 0 Å². The minimum atomic E-state index is -0.0694. The van der Waals surface area contributed by atoms with Crippen LogP contribution in [0.25, 0.3) is 11.3 Å². The van der Waals surface area contributed by atoms with Crippen LogP contribution in [0.5, 0.6) is 0 Å². The fourth-order valence-electron chi connectivity index (χ4n) is 3.43. The normalized spacial score (nSPS) is 17.2. The lowest BCUT2D eigenvalue weighted by molar-refractivity contribution is 0.0631. The number of oxazole rings is 1. The zero-order valence-corrected chi connectivity index (χ0v) is 14.5. The van der Waals surface area contributed by atoms with Gasteiger partial charge in [0.05, 0.1) is 0 Å². The van der Waals surface area contributed by atoms with E-state index in [1.165, 1.54) is 12.0 Å². The molecule has 0 aliphatic carbocycles. The summed E-state index contributed by atoms with van der Waals surface area (Å²) in [5, 5.41) is 3.39. The minimum absolute atomic E-state index is 0.0694. The van der Waals surface area contributed by atoms with Crippen LogP contribution in [0.1, 0.15) is 16.1 Å². The number of amides is 1. The standard InChI is InChI=1S/C21H21N3O2/c25-21(19-20(26-15-23-19)17-9-5-2-6-10-17)24-12-11-22-14-18(24)13-16-7-3-1-4-8-16/h1-10,15,18,22H,11-14H2. The fourth-order valence-corrected chi connectivity index (χ4v) is 3.43. The molecule has 2 heterocycles. The van der Waals surface area contributed by atoms with Crippen molar-refractivity contribution in [1.82, 2.24) is 15.2 Å². The van der Waals surface area contributed by atoms with Crippen molar-refractivity contribution in [3.8, 4) is 11.3 Å². The minimum Gasteiger partial charge on any atom is -0.443 e. The van der Waals surface area contributed by atoms with Crippen molar-refractivity contribution in [3.05, 3.63) is 78.3 Å². The average Bonchev–Trinajstić information content (AvgIpc) is 3.19. The Morgan fingerprint density at radius 3 is 2.62 bits per heavy atom. The van der Waals surface area contributed by atoms with E-state index >= 15 is 0 Å². The maximum absolute atomic E-state index is 13.2. The number of rotatable bonds is 4. The second kappa shape index (κ2) is 7.54. The van der Waals surface area contributed by atoms with Gasteiger partial charge < -0.3 is 14.6 Å². The van der Waals surface area contributed by atoms with Crippen LogP contribution in [-0.2, 0) is 6.42 Å². The van der Waals surface area contributed by atoms with Crippen LogP contribution in [-0.4, -0.2) is 41.5 Å². The lowest BCUT2D eigenvalue weighted by Crippen LogP contribution is -2.54. The predicted octanol–water partition coefficient (Wildman–Crippen LogP) is 3.00.